The molecule has 0 atom stereocenters. The van der Waals surface area contributed by atoms with Crippen LogP contribution in [0.4, 0.5) is 11.4 Å². The Morgan fingerprint density at radius 3 is 2.21 bits per heavy atom. The van der Waals surface area contributed by atoms with E-state index in [1.54, 1.807) is 53.4 Å². The van der Waals surface area contributed by atoms with Gasteiger partial charge in [0.2, 0.25) is 6.54 Å². The standard InChI is InChI=1S/C21H18ClN3O2.ClH/c1-15-4-8-18(9-5-15)23-20(26)14-25-12-2-3-16(13-25)21(27)24-19-10-6-17(22)7-11-19;/h2-13H,14H2,1H3,(H-,23,24,26,27);1H. The number of halogens is 2. The summed E-state index contributed by atoms with van der Waals surface area (Å²) in [6, 6.07) is 17.9. The van der Waals surface area contributed by atoms with Gasteiger partial charge in [0.05, 0.1) is 0 Å². The third kappa shape index (κ3) is 6.08. The maximum Gasteiger partial charge on any atom is 0.290 e. The van der Waals surface area contributed by atoms with E-state index in [0.717, 1.165) is 11.3 Å². The van der Waals surface area contributed by atoms with E-state index >= 15 is 0 Å². The summed E-state index contributed by atoms with van der Waals surface area (Å²) >= 11 is 5.85. The molecule has 5 nitrogen and oxygen atoms in total. The molecule has 2 amide bonds. The first-order valence-electron chi connectivity index (χ1n) is 8.42. The number of hydrogen-bond acceptors (Lipinski definition) is 2. The van der Waals surface area contributed by atoms with Crippen LogP contribution in [0.5, 0.6) is 0 Å². The number of carbonyl (C=O) groups is 2. The molecule has 3 aromatic rings. The van der Waals surface area contributed by atoms with Gasteiger partial charge in [0.1, 0.15) is 5.56 Å². The minimum atomic E-state index is -0.259. The summed E-state index contributed by atoms with van der Waals surface area (Å²) in [6.45, 7) is 2.10. The predicted octanol–water partition coefficient (Wildman–Crippen LogP) is 0.831. The Balaban J connectivity index is 0.00000280. The van der Waals surface area contributed by atoms with E-state index in [1.165, 1.54) is 0 Å². The van der Waals surface area contributed by atoms with Gasteiger partial charge in [0.15, 0.2) is 12.4 Å². The molecule has 0 radical (unpaired) electrons. The van der Waals surface area contributed by atoms with Crippen molar-refractivity contribution < 1.29 is 26.6 Å². The van der Waals surface area contributed by atoms with Crippen LogP contribution in [0, 0.1) is 6.92 Å². The second kappa shape index (κ2) is 9.88. The molecule has 2 aromatic carbocycles. The molecule has 1 aromatic heterocycles. The number of carbonyl (C=O) groups excluding carboxylic acids is 2. The van der Waals surface area contributed by atoms with Crippen LogP contribution in [-0.4, -0.2) is 11.8 Å². The molecular weight excluding hydrogens is 397 g/mol. The fraction of sp³-hybridized carbons (Fsp3) is 0.0952. The van der Waals surface area contributed by atoms with E-state index < -0.39 is 0 Å². The highest BCUT2D eigenvalue weighted by molar-refractivity contribution is 6.30. The number of hydrogen-bond donors (Lipinski definition) is 2. The molecule has 0 unspecified atom stereocenters. The second-order valence-corrected chi connectivity index (χ2v) is 6.58. The first-order chi connectivity index (χ1) is 13.0. The van der Waals surface area contributed by atoms with Crippen molar-refractivity contribution >= 4 is 34.8 Å². The minimum absolute atomic E-state index is 0. The fourth-order valence-electron chi connectivity index (χ4n) is 2.49. The number of aromatic nitrogens is 1. The Hall–Kier alpha value is -2.89. The van der Waals surface area contributed by atoms with Crippen molar-refractivity contribution in [2.24, 2.45) is 0 Å². The van der Waals surface area contributed by atoms with E-state index in [0.29, 0.717) is 16.3 Å². The molecule has 0 aliphatic carbocycles. The molecule has 3 rings (SSSR count). The van der Waals surface area contributed by atoms with Crippen molar-refractivity contribution in [1.29, 1.82) is 0 Å². The van der Waals surface area contributed by atoms with Crippen molar-refractivity contribution in [3.8, 4) is 0 Å². The van der Waals surface area contributed by atoms with Crippen molar-refractivity contribution in [3.63, 3.8) is 0 Å². The van der Waals surface area contributed by atoms with Gasteiger partial charge >= 0.3 is 0 Å². The van der Waals surface area contributed by atoms with Crippen LogP contribution in [0.25, 0.3) is 0 Å². The van der Waals surface area contributed by atoms with Crippen molar-refractivity contribution in [2.75, 3.05) is 10.6 Å². The molecule has 7 heteroatoms. The van der Waals surface area contributed by atoms with Gasteiger partial charge in [-0.1, -0.05) is 29.3 Å². The molecule has 0 aliphatic heterocycles. The molecule has 1 heterocycles. The summed E-state index contributed by atoms with van der Waals surface area (Å²) in [4.78, 5) is 24.6. The van der Waals surface area contributed by atoms with Gasteiger partial charge in [-0.25, -0.2) is 0 Å². The Morgan fingerprint density at radius 2 is 1.54 bits per heavy atom. The Morgan fingerprint density at radius 1 is 0.929 bits per heavy atom. The van der Waals surface area contributed by atoms with Crippen LogP contribution in [-0.2, 0) is 11.3 Å². The van der Waals surface area contributed by atoms with Crippen LogP contribution in [0.2, 0.25) is 5.02 Å². The zero-order valence-corrected chi connectivity index (χ0v) is 16.7. The number of rotatable bonds is 5. The topological polar surface area (TPSA) is 62.1 Å². The molecule has 0 spiro atoms. The van der Waals surface area contributed by atoms with Gasteiger partial charge in [-0.3, -0.25) is 9.59 Å². The summed E-state index contributed by atoms with van der Waals surface area (Å²) in [5, 5.41) is 6.24. The average Bonchev–Trinajstić information content (AvgIpc) is 2.65. The van der Waals surface area contributed by atoms with Gasteiger partial charge in [-0.15, -0.1) is 0 Å². The number of pyridine rings is 1. The molecule has 0 saturated carbocycles. The smallest absolute Gasteiger partial charge is 0.290 e. The van der Waals surface area contributed by atoms with E-state index in [9.17, 15) is 9.59 Å². The van der Waals surface area contributed by atoms with Gasteiger partial charge in [0, 0.05) is 22.5 Å². The monoisotopic (exact) mass is 415 g/mol. The number of aryl methyl sites for hydroxylation is 1. The fourth-order valence-corrected chi connectivity index (χ4v) is 2.62. The predicted molar refractivity (Wildman–Crippen MR) is 106 cm³/mol. The molecule has 2 N–H and O–H groups in total. The minimum Gasteiger partial charge on any atom is -1.00 e. The van der Waals surface area contributed by atoms with Crippen molar-refractivity contribution in [1.82, 2.24) is 0 Å². The maximum atomic E-state index is 12.4. The molecule has 0 fully saturated rings. The van der Waals surface area contributed by atoms with Crippen molar-refractivity contribution in [3.05, 3.63) is 89.2 Å². The zero-order valence-electron chi connectivity index (χ0n) is 15.2. The molecule has 0 saturated heterocycles. The van der Waals surface area contributed by atoms with Gasteiger partial charge in [-0.05, 0) is 49.4 Å². The quantitative estimate of drug-likeness (QED) is 0.606. The molecule has 28 heavy (non-hydrogen) atoms. The van der Waals surface area contributed by atoms with Crippen LogP contribution < -0.4 is 27.6 Å². The Labute approximate surface area is 174 Å². The van der Waals surface area contributed by atoms with Gasteiger partial charge in [-0.2, -0.15) is 4.57 Å². The molecule has 0 bridgehead atoms. The van der Waals surface area contributed by atoms with Gasteiger partial charge in [0.25, 0.3) is 11.8 Å². The lowest BCUT2D eigenvalue weighted by Crippen LogP contribution is -3.00. The Kier molecular flexibility index (Phi) is 7.55. The normalized spacial score (nSPS) is 9.93. The van der Waals surface area contributed by atoms with Crippen molar-refractivity contribution in [2.45, 2.75) is 13.5 Å². The van der Waals surface area contributed by atoms with Gasteiger partial charge < -0.3 is 23.0 Å². The highest BCUT2D eigenvalue weighted by Gasteiger charge is 2.14. The average molecular weight is 416 g/mol. The lowest BCUT2D eigenvalue weighted by molar-refractivity contribution is -0.684. The summed E-state index contributed by atoms with van der Waals surface area (Å²) in [5.74, 6) is -0.426. The molecular formula is C21H19Cl2N3O2. The highest BCUT2D eigenvalue weighted by atomic mass is 35.5. The molecule has 144 valence electrons. The summed E-state index contributed by atoms with van der Waals surface area (Å²) in [6.07, 6.45) is 3.38. The lowest BCUT2D eigenvalue weighted by Gasteiger charge is -2.06. The van der Waals surface area contributed by atoms with Crippen LogP contribution in [0.15, 0.2) is 73.1 Å². The largest absolute Gasteiger partial charge is 1.00 e. The number of benzene rings is 2. The first-order valence-corrected chi connectivity index (χ1v) is 8.80. The zero-order chi connectivity index (χ0) is 19.2. The number of amides is 2. The third-order valence-electron chi connectivity index (χ3n) is 3.88. The van der Waals surface area contributed by atoms with Crippen LogP contribution in [0.1, 0.15) is 15.9 Å². The number of anilines is 2. The Bertz CT molecular complexity index is 958. The van der Waals surface area contributed by atoms with E-state index in [2.05, 4.69) is 10.6 Å². The summed E-state index contributed by atoms with van der Waals surface area (Å²) in [7, 11) is 0. The lowest BCUT2D eigenvalue weighted by atomic mass is 10.2. The summed E-state index contributed by atoms with van der Waals surface area (Å²) in [5.41, 5.74) is 2.97. The second-order valence-electron chi connectivity index (χ2n) is 6.14. The van der Waals surface area contributed by atoms with E-state index in [4.69, 9.17) is 11.6 Å². The highest BCUT2D eigenvalue weighted by Crippen LogP contribution is 2.14. The van der Waals surface area contributed by atoms with E-state index in [1.807, 2.05) is 31.2 Å². The first kappa shape index (κ1) is 21.4. The van der Waals surface area contributed by atoms with Crippen LogP contribution >= 0.6 is 11.6 Å². The number of nitrogens with zero attached hydrogens (tertiary/aromatic N) is 1. The summed E-state index contributed by atoms with van der Waals surface area (Å²) < 4.78 is 1.67. The SMILES string of the molecule is Cc1ccc(NC(=O)C[n+]2cccc(C(=O)Nc3ccc(Cl)cc3)c2)cc1.[Cl-]. The maximum absolute atomic E-state index is 12.4. The third-order valence-corrected chi connectivity index (χ3v) is 4.14. The number of nitrogens with one attached hydrogen (secondary N) is 2. The van der Waals surface area contributed by atoms with Crippen LogP contribution in [0.3, 0.4) is 0 Å². The molecule has 0 aliphatic rings. The van der Waals surface area contributed by atoms with E-state index in [-0.39, 0.29) is 30.8 Å².